The fraction of sp³-hybridized carbons (Fsp3) is 0.333. The van der Waals surface area contributed by atoms with E-state index in [1.54, 1.807) is 0 Å². The van der Waals surface area contributed by atoms with Crippen LogP contribution in [0.25, 0.3) is 5.57 Å². The molecule has 1 aromatic rings. The molecule has 0 fully saturated rings. The molecule has 94 valence electrons. The second kappa shape index (κ2) is 4.41. The van der Waals surface area contributed by atoms with Crippen LogP contribution in [0.4, 0.5) is 0 Å². The Labute approximate surface area is 107 Å². The maximum absolute atomic E-state index is 12.0. The minimum absolute atomic E-state index is 0.306. The Hall–Kier alpha value is -1.90. The van der Waals surface area contributed by atoms with Crippen molar-refractivity contribution in [2.24, 2.45) is 4.99 Å². The minimum atomic E-state index is -0.525. The van der Waals surface area contributed by atoms with Gasteiger partial charge in [-0.15, -0.1) is 0 Å². The number of aliphatic imine (C=N–C) groups is 1. The van der Waals surface area contributed by atoms with Crippen molar-refractivity contribution in [2.75, 3.05) is 7.11 Å². The lowest BCUT2D eigenvalue weighted by Gasteiger charge is -2.18. The Bertz CT molecular complexity index is 539. The lowest BCUT2D eigenvalue weighted by Crippen LogP contribution is -2.24. The van der Waals surface area contributed by atoms with Crippen LogP contribution in [0.2, 0.25) is 0 Å². The summed E-state index contributed by atoms with van der Waals surface area (Å²) in [6, 6.07) is 9.83. The van der Waals surface area contributed by atoms with Crippen molar-refractivity contribution in [3.05, 3.63) is 41.5 Å². The summed E-state index contributed by atoms with van der Waals surface area (Å²) in [6.45, 7) is 5.79. The van der Waals surface area contributed by atoms with E-state index in [9.17, 15) is 4.79 Å². The largest absolute Gasteiger partial charge is 0.466 e. The minimum Gasteiger partial charge on any atom is -0.466 e. The molecule has 0 radical (unpaired) electrons. The zero-order valence-corrected chi connectivity index (χ0v) is 11.2. The third kappa shape index (κ3) is 1.96. The topological polar surface area (TPSA) is 38.7 Å². The van der Waals surface area contributed by atoms with Gasteiger partial charge < -0.3 is 4.74 Å². The molecule has 18 heavy (non-hydrogen) atoms. The van der Waals surface area contributed by atoms with Crippen LogP contribution in [0, 0.1) is 0 Å². The van der Waals surface area contributed by atoms with Gasteiger partial charge in [0.05, 0.1) is 18.2 Å². The maximum Gasteiger partial charge on any atom is 0.336 e. The highest BCUT2D eigenvalue weighted by atomic mass is 16.5. The lowest BCUT2D eigenvalue weighted by molar-refractivity contribution is -0.136. The van der Waals surface area contributed by atoms with E-state index >= 15 is 0 Å². The molecule has 3 nitrogen and oxygen atoms in total. The molecule has 0 bridgehead atoms. The number of carbonyl (C=O) groups excluding carboxylic acids is 1. The summed E-state index contributed by atoms with van der Waals surface area (Å²) in [5.74, 6) is -0.306. The van der Waals surface area contributed by atoms with Gasteiger partial charge >= 0.3 is 5.97 Å². The van der Waals surface area contributed by atoms with Crippen molar-refractivity contribution in [2.45, 2.75) is 26.3 Å². The highest BCUT2D eigenvalue weighted by Crippen LogP contribution is 2.37. The first kappa shape index (κ1) is 12.6. The van der Waals surface area contributed by atoms with Crippen LogP contribution < -0.4 is 0 Å². The van der Waals surface area contributed by atoms with Crippen LogP contribution in [-0.2, 0) is 9.53 Å². The number of hydrogen-bond donors (Lipinski definition) is 0. The SMILES string of the molecule is COC(=O)C1=C(c2ccccc2)C(C)=NC1(C)C. The fourth-order valence-electron chi connectivity index (χ4n) is 2.43. The number of methoxy groups -OCH3 is 1. The van der Waals surface area contributed by atoms with Gasteiger partial charge in [-0.05, 0) is 26.3 Å². The van der Waals surface area contributed by atoms with Crippen molar-refractivity contribution >= 4 is 17.3 Å². The number of nitrogens with zero attached hydrogens (tertiary/aromatic N) is 1. The zero-order chi connectivity index (χ0) is 13.3. The summed E-state index contributed by atoms with van der Waals surface area (Å²) in [7, 11) is 1.40. The second-order valence-corrected chi connectivity index (χ2v) is 4.86. The molecule has 0 aliphatic carbocycles. The summed E-state index contributed by atoms with van der Waals surface area (Å²) in [6.07, 6.45) is 0. The summed E-state index contributed by atoms with van der Waals surface area (Å²) in [5.41, 5.74) is 2.89. The molecule has 2 rings (SSSR count). The van der Waals surface area contributed by atoms with E-state index < -0.39 is 5.54 Å². The van der Waals surface area contributed by atoms with Crippen molar-refractivity contribution < 1.29 is 9.53 Å². The number of carbonyl (C=O) groups is 1. The molecule has 0 saturated heterocycles. The second-order valence-electron chi connectivity index (χ2n) is 4.86. The van der Waals surface area contributed by atoms with Crippen LogP contribution in [0.3, 0.4) is 0 Å². The number of allylic oxidation sites excluding steroid dienone is 1. The monoisotopic (exact) mass is 243 g/mol. The number of rotatable bonds is 2. The Morgan fingerprint density at radius 3 is 2.39 bits per heavy atom. The van der Waals surface area contributed by atoms with Gasteiger partial charge in [0.25, 0.3) is 0 Å². The molecule has 0 atom stereocenters. The van der Waals surface area contributed by atoms with Gasteiger partial charge in [0.15, 0.2) is 0 Å². The Balaban J connectivity index is 2.65. The first-order valence-corrected chi connectivity index (χ1v) is 5.92. The number of hydrogen-bond acceptors (Lipinski definition) is 3. The first-order valence-electron chi connectivity index (χ1n) is 5.92. The summed E-state index contributed by atoms with van der Waals surface area (Å²) >= 11 is 0. The van der Waals surface area contributed by atoms with E-state index in [1.165, 1.54) is 7.11 Å². The van der Waals surface area contributed by atoms with Crippen LogP contribution in [0.5, 0.6) is 0 Å². The van der Waals surface area contributed by atoms with E-state index in [0.29, 0.717) is 5.57 Å². The summed E-state index contributed by atoms with van der Waals surface area (Å²) in [5, 5.41) is 0. The standard InChI is InChI=1S/C15H17NO2/c1-10-12(11-8-6-5-7-9-11)13(14(17)18-4)15(2,3)16-10/h5-9H,1-4H3. The molecule has 1 aromatic carbocycles. The van der Waals surface area contributed by atoms with Crippen molar-refractivity contribution in [1.29, 1.82) is 0 Å². The van der Waals surface area contributed by atoms with Gasteiger partial charge in [0.1, 0.15) is 0 Å². The van der Waals surface area contributed by atoms with Crippen molar-refractivity contribution in [1.82, 2.24) is 0 Å². The molecule has 0 aromatic heterocycles. The van der Waals surface area contributed by atoms with E-state index in [-0.39, 0.29) is 5.97 Å². The third-order valence-corrected chi connectivity index (χ3v) is 3.12. The average Bonchev–Trinajstić information content (AvgIpc) is 2.58. The third-order valence-electron chi connectivity index (χ3n) is 3.12. The maximum atomic E-state index is 12.0. The van der Waals surface area contributed by atoms with Gasteiger partial charge in [-0.3, -0.25) is 4.99 Å². The Kier molecular flexibility index (Phi) is 3.07. The van der Waals surface area contributed by atoms with Gasteiger partial charge in [0, 0.05) is 11.3 Å². The molecular weight excluding hydrogens is 226 g/mol. The zero-order valence-electron chi connectivity index (χ0n) is 11.2. The fourth-order valence-corrected chi connectivity index (χ4v) is 2.43. The van der Waals surface area contributed by atoms with Gasteiger partial charge in [-0.25, -0.2) is 4.79 Å². The van der Waals surface area contributed by atoms with E-state index in [1.807, 2.05) is 51.1 Å². The van der Waals surface area contributed by atoms with Crippen LogP contribution in [-0.4, -0.2) is 24.3 Å². The molecule has 1 aliphatic heterocycles. The summed E-state index contributed by atoms with van der Waals surface area (Å²) < 4.78 is 4.90. The number of ether oxygens (including phenoxy) is 1. The molecule has 1 heterocycles. The molecule has 0 saturated carbocycles. The average molecular weight is 243 g/mol. The van der Waals surface area contributed by atoms with Crippen LogP contribution in [0.1, 0.15) is 26.3 Å². The number of benzene rings is 1. The lowest BCUT2D eigenvalue weighted by atomic mass is 9.89. The van der Waals surface area contributed by atoms with Gasteiger partial charge in [-0.2, -0.15) is 0 Å². The quantitative estimate of drug-likeness (QED) is 0.749. The molecule has 0 N–H and O–H groups in total. The van der Waals surface area contributed by atoms with E-state index in [4.69, 9.17) is 4.74 Å². The van der Waals surface area contributed by atoms with Crippen molar-refractivity contribution in [3.63, 3.8) is 0 Å². The Morgan fingerprint density at radius 2 is 1.83 bits per heavy atom. The molecule has 0 unspecified atom stereocenters. The highest BCUT2D eigenvalue weighted by Gasteiger charge is 2.38. The molecule has 0 spiro atoms. The molecule has 0 amide bonds. The van der Waals surface area contributed by atoms with Crippen LogP contribution >= 0.6 is 0 Å². The smallest absolute Gasteiger partial charge is 0.336 e. The highest BCUT2D eigenvalue weighted by molar-refractivity contribution is 6.30. The van der Waals surface area contributed by atoms with Crippen molar-refractivity contribution in [3.8, 4) is 0 Å². The normalized spacial score (nSPS) is 17.7. The van der Waals surface area contributed by atoms with E-state index in [0.717, 1.165) is 16.8 Å². The number of esters is 1. The molecule has 1 aliphatic rings. The predicted octanol–water partition coefficient (Wildman–Crippen LogP) is 2.87. The first-order chi connectivity index (χ1) is 8.47. The van der Waals surface area contributed by atoms with Gasteiger partial charge in [-0.1, -0.05) is 30.3 Å². The summed E-state index contributed by atoms with van der Waals surface area (Å²) in [4.78, 5) is 16.6. The molecular formula is C15H17NO2. The van der Waals surface area contributed by atoms with Gasteiger partial charge in [0.2, 0.25) is 0 Å². The van der Waals surface area contributed by atoms with Crippen LogP contribution in [0.15, 0.2) is 40.9 Å². The van der Waals surface area contributed by atoms with E-state index in [2.05, 4.69) is 4.99 Å². The predicted molar refractivity (Wildman–Crippen MR) is 72.6 cm³/mol. The Morgan fingerprint density at radius 1 is 1.22 bits per heavy atom. The molecule has 3 heteroatoms.